The molecule has 1 aromatic heterocycles. The van der Waals surface area contributed by atoms with Crippen LogP contribution in [-0.2, 0) is 12.2 Å². The molecule has 0 aromatic carbocycles. The van der Waals surface area contributed by atoms with Crippen molar-refractivity contribution < 1.29 is 9.13 Å². The van der Waals surface area contributed by atoms with Crippen molar-refractivity contribution in [2.24, 2.45) is 0 Å². The summed E-state index contributed by atoms with van der Waals surface area (Å²) in [5.41, 5.74) is -0.809. The van der Waals surface area contributed by atoms with Crippen LogP contribution in [-0.4, -0.2) is 55.5 Å². The number of methoxy groups -OCH3 is 1. The summed E-state index contributed by atoms with van der Waals surface area (Å²) in [7, 11) is 5.55. The monoisotopic (exact) mass is 270 g/mol. The van der Waals surface area contributed by atoms with Crippen LogP contribution in [0, 0.1) is 0 Å². The van der Waals surface area contributed by atoms with Gasteiger partial charge in [-0.2, -0.15) is 5.10 Å². The van der Waals surface area contributed by atoms with Crippen LogP contribution in [0.5, 0.6) is 5.75 Å². The molecule has 108 valence electrons. The third-order valence-corrected chi connectivity index (χ3v) is 3.54. The van der Waals surface area contributed by atoms with Gasteiger partial charge < -0.3 is 15.0 Å². The van der Waals surface area contributed by atoms with Crippen molar-refractivity contribution in [3.05, 3.63) is 11.9 Å². The molecule has 2 heterocycles. The number of nitrogens with zero attached hydrogens (tertiary/aromatic N) is 3. The number of alkyl halides is 1. The number of aromatic nitrogens is 2. The van der Waals surface area contributed by atoms with Crippen LogP contribution in [0.1, 0.15) is 18.5 Å². The summed E-state index contributed by atoms with van der Waals surface area (Å²) < 4.78 is 22.2. The van der Waals surface area contributed by atoms with Gasteiger partial charge in [0.15, 0.2) is 11.4 Å². The maximum atomic E-state index is 15.2. The first-order valence-electron chi connectivity index (χ1n) is 6.71. The zero-order valence-corrected chi connectivity index (χ0v) is 11.9. The fourth-order valence-corrected chi connectivity index (χ4v) is 2.50. The lowest BCUT2D eigenvalue weighted by atomic mass is 9.92. The van der Waals surface area contributed by atoms with E-state index in [1.54, 1.807) is 18.0 Å². The number of piperidine rings is 1. The van der Waals surface area contributed by atoms with Crippen molar-refractivity contribution in [1.29, 1.82) is 0 Å². The minimum absolute atomic E-state index is 0.330. The Morgan fingerprint density at radius 2 is 2.37 bits per heavy atom. The molecule has 1 aliphatic heterocycles. The van der Waals surface area contributed by atoms with E-state index in [0.717, 1.165) is 19.5 Å². The van der Waals surface area contributed by atoms with E-state index < -0.39 is 5.67 Å². The first-order chi connectivity index (χ1) is 9.07. The Labute approximate surface area is 113 Å². The van der Waals surface area contributed by atoms with Gasteiger partial charge in [-0.05, 0) is 33.5 Å². The molecular formula is C13H23FN4O. The van der Waals surface area contributed by atoms with Crippen LogP contribution in [0.25, 0.3) is 0 Å². The summed E-state index contributed by atoms with van der Waals surface area (Å²) in [6.45, 7) is 2.69. The Bertz CT molecular complexity index is 413. The maximum Gasteiger partial charge on any atom is 0.168 e. The number of hydrogen-bond donors (Lipinski definition) is 1. The number of rotatable bonds is 5. The summed E-state index contributed by atoms with van der Waals surface area (Å²) >= 11 is 0. The lowest BCUT2D eigenvalue weighted by Gasteiger charge is -2.31. The molecule has 1 unspecified atom stereocenters. The van der Waals surface area contributed by atoms with Crippen molar-refractivity contribution in [1.82, 2.24) is 20.0 Å². The Morgan fingerprint density at radius 1 is 1.58 bits per heavy atom. The second-order valence-electron chi connectivity index (χ2n) is 5.33. The summed E-state index contributed by atoms with van der Waals surface area (Å²) in [6.07, 6.45) is 2.96. The summed E-state index contributed by atoms with van der Waals surface area (Å²) in [5, 5.41) is 7.40. The zero-order chi connectivity index (χ0) is 13.9. The number of hydrogen-bond acceptors (Lipinski definition) is 4. The molecule has 0 saturated carbocycles. The molecule has 2 rings (SSSR count). The molecule has 0 amide bonds. The lowest BCUT2D eigenvalue weighted by molar-refractivity contribution is 0.105. The molecule has 1 aliphatic rings. The smallest absolute Gasteiger partial charge is 0.168 e. The van der Waals surface area contributed by atoms with Gasteiger partial charge >= 0.3 is 0 Å². The Balaban J connectivity index is 2.27. The van der Waals surface area contributed by atoms with E-state index in [2.05, 4.69) is 15.3 Å². The summed E-state index contributed by atoms with van der Waals surface area (Å²) in [6, 6.07) is 0. The predicted molar refractivity (Wildman–Crippen MR) is 72.2 cm³/mol. The first kappa shape index (κ1) is 14.3. The van der Waals surface area contributed by atoms with E-state index in [0.29, 0.717) is 31.0 Å². The normalized spacial score (nSPS) is 23.8. The SMILES string of the molecule is COc1cnn(CCN(C)C)c1C1(F)CCCNC1. The highest BCUT2D eigenvalue weighted by Crippen LogP contribution is 2.38. The van der Waals surface area contributed by atoms with Gasteiger partial charge in [-0.1, -0.05) is 0 Å². The Hall–Kier alpha value is -1.14. The highest BCUT2D eigenvalue weighted by atomic mass is 19.1. The summed E-state index contributed by atoms with van der Waals surface area (Å²) in [4.78, 5) is 2.06. The molecular weight excluding hydrogens is 247 g/mol. The predicted octanol–water partition coefficient (Wildman–Crippen LogP) is 1.00. The first-order valence-corrected chi connectivity index (χ1v) is 6.71. The van der Waals surface area contributed by atoms with Crippen LogP contribution >= 0.6 is 0 Å². The van der Waals surface area contributed by atoms with Crippen molar-refractivity contribution in [2.75, 3.05) is 40.8 Å². The maximum absolute atomic E-state index is 15.2. The highest BCUT2D eigenvalue weighted by Gasteiger charge is 2.39. The van der Waals surface area contributed by atoms with Crippen LogP contribution in [0.2, 0.25) is 0 Å². The van der Waals surface area contributed by atoms with Crippen LogP contribution < -0.4 is 10.1 Å². The largest absolute Gasteiger partial charge is 0.493 e. The van der Waals surface area contributed by atoms with E-state index in [1.165, 1.54) is 0 Å². The number of likely N-dealkylation sites (N-methyl/N-ethyl adjacent to an activating group) is 1. The van der Waals surface area contributed by atoms with Gasteiger partial charge in [0, 0.05) is 13.1 Å². The van der Waals surface area contributed by atoms with Crippen molar-refractivity contribution in [3.63, 3.8) is 0 Å². The second-order valence-corrected chi connectivity index (χ2v) is 5.33. The van der Waals surface area contributed by atoms with Gasteiger partial charge in [-0.3, -0.25) is 4.68 Å². The van der Waals surface area contributed by atoms with Gasteiger partial charge in [0.2, 0.25) is 0 Å². The van der Waals surface area contributed by atoms with E-state index in [-0.39, 0.29) is 0 Å². The van der Waals surface area contributed by atoms with E-state index >= 15 is 4.39 Å². The molecule has 0 aliphatic carbocycles. The van der Waals surface area contributed by atoms with E-state index in [4.69, 9.17) is 4.74 Å². The average Bonchev–Trinajstić information content (AvgIpc) is 2.81. The lowest BCUT2D eigenvalue weighted by Crippen LogP contribution is -2.42. The Kier molecular flexibility index (Phi) is 4.42. The highest BCUT2D eigenvalue weighted by molar-refractivity contribution is 5.32. The topological polar surface area (TPSA) is 42.3 Å². The van der Waals surface area contributed by atoms with Gasteiger partial charge in [0.25, 0.3) is 0 Å². The molecule has 1 N–H and O–H groups in total. The standard InChI is InChI=1S/C13H23FN4O/c1-17(2)7-8-18-12(11(19-3)9-16-18)13(14)5-4-6-15-10-13/h9,15H,4-8,10H2,1-3H3. The third-order valence-electron chi connectivity index (χ3n) is 3.54. The molecule has 19 heavy (non-hydrogen) atoms. The van der Waals surface area contributed by atoms with Crippen molar-refractivity contribution in [2.45, 2.75) is 25.1 Å². The van der Waals surface area contributed by atoms with Crippen molar-refractivity contribution >= 4 is 0 Å². The van der Waals surface area contributed by atoms with Crippen LogP contribution in [0.4, 0.5) is 4.39 Å². The zero-order valence-electron chi connectivity index (χ0n) is 11.9. The number of ether oxygens (including phenoxy) is 1. The minimum Gasteiger partial charge on any atom is -0.493 e. The van der Waals surface area contributed by atoms with Gasteiger partial charge in [-0.15, -0.1) is 0 Å². The molecule has 1 fully saturated rings. The number of halogens is 1. The molecule has 0 bridgehead atoms. The van der Waals surface area contributed by atoms with Gasteiger partial charge in [0.05, 0.1) is 19.9 Å². The third kappa shape index (κ3) is 3.06. The molecule has 6 heteroatoms. The van der Waals surface area contributed by atoms with Crippen LogP contribution in [0.3, 0.4) is 0 Å². The molecule has 5 nitrogen and oxygen atoms in total. The van der Waals surface area contributed by atoms with Crippen molar-refractivity contribution in [3.8, 4) is 5.75 Å². The number of nitrogens with one attached hydrogen (secondary N) is 1. The fraction of sp³-hybridized carbons (Fsp3) is 0.769. The van der Waals surface area contributed by atoms with Gasteiger partial charge in [-0.25, -0.2) is 4.39 Å². The minimum atomic E-state index is -1.38. The van der Waals surface area contributed by atoms with E-state index in [9.17, 15) is 0 Å². The molecule has 0 radical (unpaired) electrons. The average molecular weight is 270 g/mol. The molecule has 1 atom stereocenters. The molecule has 1 saturated heterocycles. The second kappa shape index (κ2) is 5.88. The summed E-state index contributed by atoms with van der Waals surface area (Å²) in [5.74, 6) is 0.546. The van der Waals surface area contributed by atoms with Gasteiger partial charge in [0.1, 0.15) is 5.69 Å². The van der Waals surface area contributed by atoms with Crippen LogP contribution in [0.15, 0.2) is 6.20 Å². The molecule has 0 spiro atoms. The fourth-order valence-electron chi connectivity index (χ4n) is 2.50. The molecule has 1 aromatic rings. The van der Waals surface area contributed by atoms with E-state index in [1.807, 2.05) is 14.1 Å². The Morgan fingerprint density at radius 3 is 2.95 bits per heavy atom. The quantitative estimate of drug-likeness (QED) is 0.867.